The number of halogens is 2. The maximum absolute atomic E-state index is 14.6. The molecule has 1 aliphatic rings. The van der Waals surface area contributed by atoms with E-state index in [1.807, 2.05) is 13.8 Å². The molecule has 0 fully saturated rings. The molecule has 0 radical (unpaired) electrons. The number of carbonyl (C=O) groups is 3. The van der Waals surface area contributed by atoms with Crippen LogP contribution in [0.4, 0.5) is 8.78 Å². The van der Waals surface area contributed by atoms with E-state index >= 15 is 0 Å². The van der Waals surface area contributed by atoms with Crippen molar-refractivity contribution in [2.45, 2.75) is 52.6 Å². The van der Waals surface area contributed by atoms with Crippen molar-refractivity contribution < 1.29 is 33.0 Å². The summed E-state index contributed by atoms with van der Waals surface area (Å²) in [6, 6.07) is 9.52. The lowest BCUT2D eigenvalue weighted by molar-refractivity contribution is -0.145. The van der Waals surface area contributed by atoms with Gasteiger partial charge in [-0.1, -0.05) is 37.6 Å². The lowest BCUT2D eigenvalue weighted by Gasteiger charge is -2.45. The van der Waals surface area contributed by atoms with E-state index in [1.54, 1.807) is 48.2 Å². The Morgan fingerprint density at radius 1 is 1.09 bits per heavy atom. The number of nitrogens with zero attached hydrogens (tertiary/aromatic N) is 1. The maximum atomic E-state index is 14.6. The van der Waals surface area contributed by atoms with Crippen LogP contribution in [0.15, 0.2) is 65.8 Å². The number of aliphatic hydroxyl groups is 1. The minimum Gasteiger partial charge on any atom is -0.497 e. The number of benzene rings is 2. The van der Waals surface area contributed by atoms with E-state index in [0.717, 1.165) is 18.2 Å². The number of hydrogen-bond acceptors (Lipinski definition) is 5. The summed E-state index contributed by atoms with van der Waals surface area (Å²) >= 11 is 0. The monoisotopic (exact) mass is 597 g/mol. The van der Waals surface area contributed by atoms with Crippen molar-refractivity contribution in [3.8, 4) is 5.75 Å². The summed E-state index contributed by atoms with van der Waals surface area (Å²) < 4.78 is 33.8. The third kappa shape index (κ3) is 8.28. The largest absolute Gasteiger partial charge is 0.497 e. The van der Waals surface area contributed by atoms with Crippen molar-refractivity contribution in [3.63, 3.8) is 0 Å². The standard InChI is InChI=1S/C33H41F2N3O5/c1-5-10-38(11-6-2)32(42)33(18-21(3)12-24(19-33)30(36)40)28(15-22-13-25(34)17-26(35)14-22)29(39)20-37-31(41)23-8-7-9-27(16-23)43-4/h7-9,12-14,16-18,28-29,39H,5-6,10-11,15,19-20H2,1-4H3,(H2,36,40)(H,37,41)/t28-,29+,33?/m1/s1. The number of allylic oxidation sites excluding steroid dienone is 2. The molecule has 0 aliphatic heterocycles. The topological polar surface area (TPSA) is 122 Å². The van der Waals surface area contributed by atoms with Crippen LogP contribution >= 0.6 is 0 Å². The van der Waals surface area contributed by atoms with Gasteiger partial charge >= 0.3 is 0 Å². The molecule has 3 atom stereocenters. The maximum Gasteiger partial charge on any atom is 0.251 e. The highest BCUT2D eigenvalue weighted by Crippen LogP contribution is 2.45. The van der Waals surface area contributed by atoms with Crippen LogP contribution in [0.1, 0.15) is 56.0 Å². The second-order valence-electron chi connectivity index (χ2n) is 11.0. The minimum atomic E-state index is -1.50. The number of rotatable bonds is 14. The molecule has 3 rings (SSSR count). The quantitative estimate of drug-likeness (QED) is 0.300. The first kappa shape index (κ1) is 33.5. The van der Waals surface area contributed by atoms with E-state index in [1.165, 1.54) is 7.11 Å². The van der Waals surface area contributed by atoms with Crippen molar-refractivity contribution in [3.05, 3.63) is 88.5 Å². The molecular weight excluding hydrogens is 556 g/mol. The molecule has 43 heavy (non-hydrogen) atoms. The fourth-order valence-electron chi connectivity index (χ4n) is 5.83. The van der Waals surface area contributed by atoms with Crippen LogP contribution in [-0.4, -0.2) is 60.6 Å². The lowest BCUT2D eigenvalue weighted by Crippen LogP contribution is -2.54. The Labute approximate surface area is 251 Å². The number of nitrogens with two attached hydrogens (primary N) is 1. The molecule has 4 N–H and O–H groups in total. The van der Waals surface area contributed by atoms with Gasteiger partial charge in [-0.15, -0.1) is 0 Å². The van der Waals surface area contributed by atoms with Gasteiger partial charge < -0.3 is 25.8 Å². The number of nitrogens with one attached hydrogen (secondary N) is 1. The lowest BCUT2D eigenvalue weighted by atomic mass is 9.63. The van der Waals surface area contributed by atoms with Gasteiger partial charge in [-0.2, -0.15) is 0 Å². The molecule has 0 saturated heterocycles. The zero-order chi connectivity index (χ0) is 31.7. The predicted molar refractivity (Wildman–Crippen MR) is 160 cm³/mol. The van der Waals surface area contributed by atoms with Crippen LogP contribution in [0, 0.1) is 23.0 Å². The smallest absolute Gasteiger partial charge is 0.251 e. The van der Waals surface area contributed by atoms with Crippen LogP contribution in [0.2, 0.25) is 0 Å². The summed E-state index contributed by atoms with van der Waals surface area (Å²) in [5, 5.41) is 14.5. The number of hydrogen-bond donors (Lipinski definition) is 3. The predicted octanol–water partition coefficient (Wildman–Crippen LogP) is 4.32. The van der Waals surface area contributed by atoms with Gasteiger partial charge in [0.15, 0.2) is 0 Å². The van der Waals surface area contributed by atoms with Gasteiger partial charge in [-0.05, 0) is 68.5 Å². The molecule has 232 valence electrons. The fourth-order valence-corrected chi connectivity index (χ4v) is 5.83. The van der Waals surface area contributed by atoms with Gasteiger partial charge in [0.25, 0.3) is 5.91 Å². The van der Waals surface area contributed by atoms with E-state index in [9.17, 15) is 28.3 Å². The van der Waals surface area contributed by atoms with Crippen molar-refractivity contribution in [1.82, 2.24) is 10.2 Å². The van der Waals surface area contributed by atoms with Crippen molar-refractivity contribution >= 4 is 17.7 Å². The molecule has 3 amide bonds. The highest BCUT2D eigenvalue weighted by molar-refractivity contribution is 5.96. The van der Waals surface area contributed by atoms with Crippen LogP contribution in [0.5, 0.6) is 5.75 Å². The SMILES string of the molecule is CCCN(CCC)C(=O)C1([C@H](Cc2cc(F)cc(F)c2)[C@@H](O)CNC(=O)c2cccc(OC)c2)C=C(C)C=C(C(N)=O)C1. The second-order valence-corrected chi connectivity index (χ2v) is 11.0. The Bertz CT molecular complexity index is 1370. The summed E-state index contributed by atoms with van der Waals surface area (Å²) in [7, 11) is 1.48. The Morgan fingerprint density at radius 2 is 1.74 bits per heavy atom. The Kier molecular flexibility index (Phi) is 11.6. The van der Waals surface area contributed by atoms with Crippen LogP contribution < -0.4 is 15.8 Å². The average molecular weight is 598 g/mol. The molecule has 1 unspecified atom stereocenters. The van der Waals surface area contributed by atoms with Gasteiger partial charge in [0.2, 0.25) is 11.8 Å². The van der Waals surface area contributed by atoms with E-state index < -0.39 is 40.9 Å². The number of aliphatic hydroxyl groups excluding tert-OH is 1. The summed E-state index contributed by atoms with van der Waals surface area (Å²) in [5.41, 5.74) is 5.50. The minimum absolute atomic E-state index is 0.119. The summed E-state index contributed by atoms with van der Waals surface area (Å²) in [5.74, 6) is -3.67. The Morgan fingerprint density at radius 3 is 2.33 bits per heavy atom. The fraction of sp³-hybridized carbons (Fsp3) is 0.424. The van der Waals surface area contributed by atoms with Crippen molar-refractivity contribution in [2.75, 3.05) is 26.7 Å². The zero-order valence-corrected chi connectivity index (χ0v) is 25.2. The molecule has 8 nitrogen and oxygen atoms in total. The first-order valence-electron chi connectivity index (χ1n) is 14.5. The molecule has 10 heteroatoms. The molecule has 0 saturated carbocycles. The van der Waals surface area contributed by atoms with Crippen LogP contribution in [-0.2, 0) is 16.0 Å². The molecule has 0 heterocycles. The average Bonchev–Trinajstić information content (AvgIpc) is 2.97. The first-order chi connectivity index (χ1) is 20.4. The normalized spacial score (nSPS) is 17.7. The third-order valence-electron chi connectivity index (χ3n) is 7.67. The van der Waals surface area contributed by atoms with Gasteiger partial charge in [-0.25, -0.2) is 8.78 Å². The van der Waals surface area contributed by atoms with Gasteiger partial charge in [0.1, 0.15) is 17.4 Å². The second kappa shape index (κ2) is 14.9. The van der Waals surface area contributed by atoms with E-state index in [2.05, 4.69) is 5.32 Å². The number of ether oxygens (including phenoxy) is 1. The molecule has 2 aromatic rings. The summed E-state index contributed by atoms with van der Waals surface area (Å²) in [6.07, 6.45) is 3.04. The van der Waals surface area contributed by atoms with E-state index in [-0.39, 0.29) is 36.4 Å². The third-order valence-corrected chi connectivity index (χ3v) is 7.67. The molecule has 0 aromatic heterocycles. The highest BCUT2D eigenvalue weighted by Gasteiger charge is 2.50. The Balaban J connectivity index is 2.11. The number of amides is 3. The molecule has 0 bridgehead atoms. The number of carbonyl (C=O) groups excluding carboxylic acids is 3. The van der Waals surface area contributed by atoms with Gasteiger partial charge in [-0.3, -0.25) is 14.4 Å². The van der Waals surface area contributed by atoms with Gasteiger partial charge in [0, 0.05) is 42.8 Å². The number of primary amides is 1. The van der Waals surface area contributed by atoms with Crippen LogP contribution in [0.3, 0.4) is 0 Å². The summed E-state index contributed by atoms with van der Waals surface area (Å²) in [4.78, 5) is 41.7. The van der Waals surface area contributed by atoms with E-state index in [0.29, 0.717) is 42.8 Å². The molecule has 2 aromatic carbocycles. The van der Waals surface area contributed by atoms with Crippen molar-refractivity contribution in [1.29, 1.82) is 0 Å². The van der Waals surface area contributed by atoms with Crippen LogP contribution in [0.25, 0.3) is 0 Å². The summed E-state index contributed by atoms with van der Waals surface area (Å²) in [6.45, 7) is 6.19. The van der Waals surface area contributed by atoms with Crippen molar-refractivity contribution in [2.24, 2.45) is 17.1 Å². The molecule has 1 aliphatic carbocycles. The van der Waals surface area contributed by atoms with Gasteiger partial charge in [0.05, 0.1) is 18.6 Å². The first-order valence-corrected chi connectivity index (χ1v) is 14.5. The number of methoxy groups -OCH3 is 1. The Hall–Kier alpha value is -4.05. The van der Waals surface area contributed by atoms with E-state index in [4.69, 9.17) is 10.5 Å². The highest BCUT2D eigenvalue weighted by atomic mass is 19.1. The zero-order valence-electron chi connectivity index (χ0n) is 25.2. The molecular formula is C33H41F2N3O5. The molecule has 0 spiro atoms.